The van der Waals surface area contributed by atoms with Crippen LogP contribution in [0.5, 0.6) is 0 Å². The number of nitrogens with zero attached hydrogens (tertiary/aromatic N) is 3. The summed E-state index contributed by atoms with van der Waals surface area (Å²) in [5.41, 5.74) is 1.79. The molecule has 0 spiro atoms. The lowest BCUT2D eigenvalue weighted by Gasteiger charge is -2.32. The molecule has 0 saturated heterocycles. The van der Waals surface area contributed by atoms with Crippen LogP contribution in [-0.4, -0.2) is 39.3 Å². The van der Waals surface area contributed by atoms with Gasteiger partial charge in [-0.05, 0) is 40.0 Å². The number of benzene rings is 1. The predicted octanol–water partition coefficient (Wildman–Crippen LogP) is 2.25. The van der Waals surface area contributed by atoms with Crippen molar-refractivity contribution in [1.29, 1.82) is 0 Å². The lowest BCUT2D eigenvalue weighted by atomic mass is 10.1. The Morgan fingerprint density at radius 3 is 2.50 bits per heavy atom. The van der Waals surface area contributed by atoms with Gasteiger partial charge in [0.2, 0.25) is 0 Å². The summed E-state index contributed by atoms with van der Waals surface area (Å²) in [6.07, 6.45) is 0. The summed E-state index contributed by atoms with van der Waals surface area (Å²) in [6.45, 7) is 6.58. The van der Waals surface area contributed by atoms with Crippen LogP contribution in [0.15, 0.2) is 28.8 Å². The zero-order valence-electron chi connectivity index (χ0n) is 12.4. The minimum atomic E-state index is -0.315. The smallest absolute Gasteiger partial charge is 0.257 e. The second-order valence-electron chi connectivity index (χ2n) is 5.71. The largest absolute Gasteiger partial charge is 0.394 e. The highest BCUT2D eigenvalue weighted by atomic mass is 16.5. The predicted molar refractivity (Wildman–Crippen MR) is 77.1 cm³/mol. The number of aryl methyl sites for hydroxylation is 1. The SMILES string of the molecule is Cc1ccc(-c2nc(CN(C)C(C)(C)CO)no2)cc1. The zero-order valence-corrected chi connectivity index (χ0v) is 12.4. The maximum absolute atomic E-state index is 9.35. The van der Waals surface area contributed by atoms with Crippen LogP contribution >= 0.6 is 0 Å². The Labute approximate surface area is 119 Å². The molecule has 0 aliphatic heterocycles. The molecule has 0 amide bonds. The first-order valence-electron chi connectivity index (χ1n) is 6.64. The van der Waals surface area contributed by atoms with Crippen molar-refractivity contribution in [2.45, 2.75) is 32.9 Å². The fourth-order valence-electron chi connectivity index (χ4n) is 1.68. The number of aliphatic hydroxyl groups is 1. The second kappa shape index (κ2) is 5.73. The maximum atomic E-state index is 9.35. The van der Waals surface area contributed by atoms with Crippen molar-refractivity contribution in [1.82, 2.24) is 15.0 Å². The van der Waals surface area contributed by atoms with E-state index in [1.807, 2.05) is 57.0 Å². The van der Waals surface area contributed by atoms with E-state index in [1.165, 1.54) is 5.56 Å². The Hall–Kier alpha value is -1.72. The van der Waals surface area contributed by atoms with Crippen LogP contribution < -0.4 is 0 Å². The molecule has 0 atom stereocenters. The third-order valence-electron chi connectivity index (χ3n) is 3.57. The third kappa shape index (κ3) is 3.23. The summed E-state index contributed by atoms with van der Waals surface area (Å²) < 4.78 is 5.29. The summed E-state index contributed by atoms with van der Waals surface area (Å²) in [6, 6.07) is 7.96. The van der Waals surface area contributed by atoms with Crippen LogP contribution in [0.25, 0.3) is 11.5 Å². The van der Waals surface area contributed by atoms with E-state index in [-0.39, 0.29) is 12.1 Å². The van der Waals surface area contributed by atoms with Crippen LogP contribution in [0, 0.1) is 6.92 Å². The molecule has 5 nitrogen and oxygen atoms in total. The van der Waals surface area contributed by atoms with E-state index in [0.29, 0.717) is 18.3 Å². The molecule has 5 heteroatoms. The summed E-state index contributed by atoms with van der Waals surface area (Å²) >= 11 is 0. The number of likely N-dealkylation sites (N-methyl/N-ethyl adjacent to an activating group) is 1. The van der Waals surface area contributed by atoms with E-state index >= 15 is 0 Å². The van der Waals surface area contributed by atoms with Crippen molar-refractivity contribution in [3.8, 4) is 11.5 Å². The molecule has 1 aromatic heterocycles. The van der Waals surface area contributed by atoms with E-state index in [1.54, 1.807) is 0 Å². The van der Waals surface area contributed by atoms with E-state index in [4.69, 9.17) is 4.52 Å². The Balaban J connectivity index is 2.11. The standard InChI is InChI=1S/C15H21N3O2/c1-11-5-7-12(8-6-11)14-16-13(17-20-14)9-18(4)15(2,3)10-19/h5-8,19H,9-10H2,1-4H3. The molecule has 0 saturated carbocycles. The van der Waals surface area contributed by atoms with Gasteiger partial charge in [-0.15, -0.1) is 0 Å². The Kier molecular flexibility index (Phi) is 4.20. The molecule has 0 radical (unpaired) electrons. The molecule has 1 N–H and O–H groups in total. The number of rotatable bonds is 5. The van der Waals surface area contributed by atoms with Gasteiger partial charge in [-0.25, -0.2) is 0 Å². The van der Waals surface area contributed by atoms with Crippen molar-refractivity contribution in [2.24, 2.45) is 0 Å². The van der Waals surface area contributed by atoms with Crippen LogP contribution in [0.1, 0.15) is 25.2 Å². The molecular formula is C15H21N3O2. The van der Waals surface area contributed by atoms with Gasteiger partial charge in [-0.1, -0.05) is 22.9 Å². The van der Waals surface area contributed by atoms with E-state index < -0.39 is 0 Å². The van der Waals surface area contributed by atoms with E-state index in [0.717, 1.165) is 5.56 Å². The average molecular weight is 275 g/mol. The Morgan fingerprint density at radius 1 is 1.25 bits per heavy atom. The van der Waals surface area contributed by atoms with Gasteiger partial charge in [0.05, 0.1) is 13.2 Å². The first-order valence-corrected chi connectivity index (χ1v) is 6.64. The lowest BCUT2D eigenvalue weighted by Crippen LogP contribution is -2.43. The van der Waals surface area contributed by atoms with Gasteiger partial charge in [-0.3, -0.25) is 4.90 Å². The van der Waals surface area contributed by atoms with Crippen LogP contribution in [0.2, 0.25) is 0 Å². The number of hydrogen-bond donors (Lipinski definition) is 1. The molecule has 108 valence electrons. The normalized spacial score (nSPS) is 12.1. The molecule has 1 heterocycles. The lowest BCUT2D eigenvalue weighted by molar-refractivity contribution is 0.0708. The minimum absolute atomic E-state index is 0.0756. The third-order valence-corrected chi connectivity index (χ3v) is 3.57. The molecule has 1 aromatic carbocycles. The van der Waals surface area contributed by atoms with Crippen molar-refractivity contribution >= 4 is 0 Å². The molecule has 0 bridgehead atoms. The summed E-state index contributed by atoms with van der Waals surface area (Å²) in [7, 11) is 1.93. The molecule has 0 unspecified atom stereocenters. The van der Waals surface area contributed by atoms with Gasteiger partial charge < -0.3 is 9.63 Å². The van der Waals surface area contributed by atoms with Crippen molar-refractivity contribution < 1.29 is 9.63 Å². The summed E-state index contributed by atoms with van der Waals surface area (Å²) in [4.78, 5) is 6.39. The van der Waals surface area contributed by atoms with E-state index in [9.17, 15) is 5.11 Å². The van der Waals surface area contributed by atoms with Crippen molar-refractivity contribution in [3.05, 3.63) is 35.7 Å². The minimum Gasteiger partial charge on any atom is -0.394 e. The average Bonchev–Trinajstić information content (AvgIpc) is 2.88. The number of aromatic nitrogens is 2. The van der Waals surface area contributed by atoms with Crippen LogP contribution in [0.3, 0.4) is 0 Å². The number of aliphatic hydroxyl groups excluding tert-OH is 1. The summed E-state index contributed by atoms with van der Waals surface area (Å²) in [5.74, 6) is 1.14. The van der Waals surface area contributed by atoms with Crippen LogP contribution in [0.4, 0.5) is 0 Å². The number of hydrogen-bond acceptors (Lipinski definition) is 5. The molecule has 0 aliphatic carbocycles. The molecule has 20 heavy (non-hydrogen) atoms. The first-order chi connectivity index (χ1) is 9.42. The monoisotopic (exact) mass is 275 g/mol. The molecule has 2 aromatic rings. The van der Waals surface area contributed by atoms with Gasteiger partial charge in [-0.2, -0.15) is 4.98 Å². The van der Waals surface area contributed by atoms with Gasteiger partial charge in [0.15, 0.2) is 5.82 Å². The highest BCUT2D eigenvalue weighted by Gasteiger charge is 2.24. The molecule has 2 rings (SSSR count). The van der Waals surface area contributed by atoms with Crippen LogP contribution in [-0.2, 0) is 6.54 Å². The summed E-state index contributed by atoms with van der Waals surface area (Å²) in [5, 5.41) is 13.3. The molecule has 0 fully saturated rings. The Bertz CT molecular complexity index is 561. The second-order valence-corrected chi connectivity index (χ2v) is 5.71. The van der Waals surface area contributed by atoms with Gasteiger partial charge in [0, 0.05) is 11.1 Å². The van der Waals surface area contributed by atoms with Crippen molar-refractivity contribution in [3.63, 3.8) is 0 Å². The highest BCUT2D eigenvalue weighted by Crippen LogP contribution is 2.19. The fraction of sp³-hybridized carbons (Fsp3) is 0.467. The zero-order chi connectivity index (χ0) is 14.8. The molecule has 0 aliphatic rings. The highest BCUT2D eigenvalue weighted by molar-refractivity contribution is 5.53. The topological polar surface area (TPSA) is 62.4 Å². The molecular weight excluding hydrogens is 254 g/mol. The Morgan fingerprint density at radius 2 is 1.90 bits per heavy atom. The fourth-order valence-corrected chi connectivity index (χ4v) is 1.68. The van der Waals surface area contributed by atoms with Crippen molar-refractivity contribution in [2.75, 3.05) is 13.7 Å². The maximum Gasteiger partial charge on any atom is 0.257 e. The van der Waals surface area contributed by atoms with Gasteiger partial charge >= 0.3 is 0 Å². The van der Waals surface area contributed by atoms with Gasteiger partial charge in [0.1, 0.15) is 0 Å². The first kappa shape index (κ1) is 14.7. The van der Waals surface area contributed by atoms with Gasteiger partial charge in [0.25, 0.3) is 5.89 Å². The quantitative estimate of drug-likeness (QED) is 0.906. The van der Waals surface area contributed by atoms with E-state index in [2.05, 4.69) is 10.1 Å².